The molecule has 0 N–H and O–H groups in total. The monoisotopic (exact) mass is 732 g/mol. The summed E-state index contributed by atoms with van der Waals surface area (Å²) >= 11 is 0. The number of nitrogens with zero attached hydrogens (tertiary/aromatic N) is 4. The lowest BCUT2D eigenvalue weighted by Gasteiger charge is -2.45. The van der Waals surface area contributed by atoms with E-state index >= 15 is 4.79 Å². The summed E-state index contributed by atoms with van der Waals surface area (Å²) in [6.45, 7) is 7.18. The Morgan fingerprint density at radius 3 is 1.56 bits per heavy atom. The number of carbonyl (C=O) groups excluding carboxylic acids is 2. The first-order chi connectivity index (χ1) is 26.4. The van der Waals surface area contributed by atoms with Crippen LogP contribution in [0.25, 0.3) is 0 Å². The van der Waals surface area contributed by atoms with Crippen LogP contribution in [0.2, 0.25) is 0 Å². The minimum Gasteiger partial charge on any atom is -0.493 e. The van der Waals surface area contributed by atoms with Crippen LogP contribution in [0.15, 0.2) is 91.0 Å². The summed E-state index contributed by atoms with van der Waals surface area (Å²) < 4.78 is 23.0. The molecule has 2 aliphatic heterocycles. The second-order valence-electron chi connectivity index (χ2n) is 14.5. The molecule has 0 aromatic heterocycles. The van der Waals surface area contributed by atoms with Gasteiger partial charge >= 0.3 is 0 Å². The van der Waals surface area contributed by atoms with Crippen molar-refractivity contribution in [2.75, 3.05) is 80.8 Å². The Labute approximate surface area is 319 Å². The molecule has 0 radical (unpaired) electrons. The fourth-order valence-electron chi connectivity index (χ4n) is 8.56. The number of rotatable bonds is 11. The molecule has 0 spiro atoms. The quantitative estimate of drug-likeness (QED) is 0.205. The van der Waals surface area contributed by atoms with Gasteiger partial charge in [-0.05, 0) is 58.5 Å². The number of methoxy groups -OCH3 is 4. The van der Waals surface area contributed by atoms with Gasteiger partial charge in [0.05, 0.1) is 40.3 Å². The van der Waals surface area contributed by atoms with E-state index < -0.39 is 17.8 Å². The van der Waals surface area contributed by atoms with E-state index in [1.807, 2.05) is 52.3 Å². The SMILES string of the molecule is COc1ccc(C2c3cc(OC)c(OC)cc3CC(C(=O)N3CCN(Cc4ccccc4)CC3)C2C(=O)N2CCN(Cc3ccccc3)CC2)cc1OC. The molecule has 7 rings (SSSR count). The van der Waals surface area contributed by atoms with Gasteiger partial charge in [-0.3, -0.25) is 19.4 Å². The third-order valence-electron chi connectivity index (χ3n) is 11.4. The van der Waals surface area contributed by atoms with Crippen LogP contribution in [-0.2, 0) is 29.1 Å². The summed E-state index contributed by atoms with van der Waals surface area (Å²) in [6.07, 6.45) is 0.424. The van der Waals surface area contributed by atoms with Crippen molar-refractivity contribution in [1.82, 2.24) is 19.6 Å². The van der Waals surface area contributed by atoms with Crippen LogP contribution >= 0.6 is 0 Å². The minimum atomic E-state index is -0.649. The van der Waals surface area contributed by atoms with Crippen LogP contribution in [-0.4, -0.2) is 112 Å². The topological polar surface area (TPSA) is 84.0 Å². The molecule has 3 atom stereocenters. The number of fused-ring (bicyclic) bond motifs is 1. The molecule has 3 aliphatic rings. The largest absolute Gasteiger partial charge is 0.493 e. The van der Waals surface area contributed by atoms with Crippen molar-refractivity contribution in [3.8, 4) is 23.0 Å². The zero-order chi connectivity index (χ0) is 37.6. The zero-order valence-electron chi connectivity index (χ0n) is 31.9. The van der Waals surface area contributed by atoms with E-state index in [0.29, 0.717) is 55.6 Å². The van der Waals surface area contributed by atoms with E-state index in [2.05, 4.69) is 58.3 Å². The summed E-state index contributed by atoms with van der Waals surface area (Å²) in [6, 6.07) is 30.7. The molecule has 2 fully saturated rings. The molecule has 3 unspecified atom stereocenters. The number of carbonyl (C=O) groups is 2. The van der Waals surface area contributed by atoms with Gasteiger partial charge in [0.1, 0.15) is 0 Å². The highest BCUT2D eigenvalue weighted by molar-refractivity contribution is 5.90. The van der Waals surface area contributed by atoms with E-state index in [-0.39, 0.29) is 11.8 Å². The Hall–Kier alpha value is -5.06. The highest BCUT2D eigenvalue weighted by Gasteiger charge is 2.49. The highest BCUT2D eigenvalue weighted by atomic mass is 16.5. The zero-order valence-corrected chi connectivity index (χ0v) is 31.9. The first-order valence-electron chi connectivity index (χ1n) is 19.0. The lowest BCUT2D eigenvalue weighted by molar-refractivity contribution is -0.149. The van der Waals surface area contributed by atoms with E-state index in [4.69, 9.17) is 18.9 Å². The van der Waals surface area contributed by atoms with Crippen molar-refractivity contribution in [2.24, 2.45) is 11.8 Å². The smallest absolute Gasteiger partial charge is 0.227 e. The van der Waals surface area contributed by atoms with Crippen molar-refractivity contribution in [1.29, 1.82) is 0 Å². The lowest BCUT2D eigenvalue weighted by Crippen LogP contribution is -2.56. The third kappa shape index (κ3) is 7.91. The Morgan fingerprint density at radius 2 is 1.04 bits per heavy atom. The molecular formula is C44H52N4O6. The Bertz CT molecular complexity index is 1890. The van der Waals surface area contributed by atoms with E-state index in [0.717, 1.165) is 56.0 Å². The van der Waals surface area contributed by atoms with Crippen molar-refractivity contribution < 1.29 is 28.5 Å². The number of amides is 2. The van der Waals surface area contributed by atoms with Gasteiger partial charge in [-0.25, -0.2) is 0 Å². The second-order valence-corrected chi connectivity index (χ2v) is 14.5. The summed E-state index contributed by atoms with van der Waals surface area (Å²) in [5, 5.41) is 0. The van der Waals surface area contributed by atoms with E-state index in [1.54, 1.807) is 28.4 Å². The van der Waals surface area contributed by atoms with Gasteiger partial charge in [-0.2, -0.15) is 0 Å². The van der Waals surface area contributed by atoms with Crippen molar-refractivity contribution in [3.05, 3.63) is 119 Å². The lowest BCUT2D eigenvalue weighted by atomic mass is 9.65. The van der Waals surface area contributed by atoms with Crippen molar-refractivity contribution >= 4 is 11.8 Å². The Balaban J connectivity index is 1.23. The van der Waals surface area contributed by atoms with Gasteiger partial charge in [0.25, 0.3) is 0 Å². The molecule has 10 heteroatoms. The average Bonchev–Trinajstić information content (AvgIpc) is 3.23. The maximum absolute atomic E-state index is 15.2. The molecule has 4 aromatic rings. The van der Waals surface area contributed by atoms with Crippen LogP contribution in [0.4, 0.5) is 0 Å². The van der Waals surface area contributed by atoms with Crippen LogP contribution < -0.4 is 18.9 Å². The molecule has 54 heavy (non-hydrogen) atoms. The van der Waals surface area contributed by atoms with Gasteiger partial charge < -0.3 is 28.7 Å². The second kappa shape index (κ2) is 17.0. The van der Waals surface area contributed by atoms with Gasteiger partial charge in [0.15, 0.2) is 23.0 Å². The number of hydrogen-bond acceptors (Lipinski definition) is 8. The fourth-order valence-corrected chi connectivity index (χ4v) is 8.56. The van der Waals surface area contributed by atoms with Gasteiger partial charge in [0.2, 0.25) is 11.8 Å². The summed E-state index contributed by atoms with van der Waals surface area (Å²) in [7, 11) is 6.48. The number of piperazine rings is 2. The molecule has 0 saturated carbocycles. The normalized spacial score (nSPS) is 20.6. The van der Waals surface area contributed by atoms with Gasteiger partial charge in [0, 0.05) is 71.4 Å². The average molecular weight is 733 g/mol. The maximum atomic E-state index is 15.2. The first kappa shape index (κ1) is 37.3. The molecule has 0 bridgehead atoms. The summed E-state index contributed by atoms with van der Waals surface area (Å²) in [5.74, 6) is 0.717. The molecule has 284 valence electrons. The third-order valence-corrected chi connectivity index (χ3v) is 11.4. The van der Waals surface area contributed by atoms with Gasteiger partial charge in [-0.15, -0.1) is 0 Å². The summed E-state index contributed by atoms with van der Waals surface area (Å²) in [5.41, 5.74) is 5.33. The standard InChI is InChI=1S/C44H52N4O6/c1-51-37-16-15-33(26-38(37)52-2)41-35-28-40(54-4)39(53-3)27-34(35)25-36(43(49)47-21-17-45(18-22-47)29-31-11-7-5-8-12-31)42(41)44(50)48-23-19-46(20-24-48)30-32-13-9-6-10-14-32/h5-16,26-28,36,41-42H,17-25,29-30H2,1-4H3. The minimum absolute atomic E-state index is 0.00986. The highest BCUT2D eigenvalue weighted by Crippen LogP contribution is 2.49. The van der Waals surface area contributed by atoms with Crippen LogP contribution in [0.5, 0.6) is 23.0 Å². The van der Waals surface area contributed by atoms with Gasteiger partial charge in [-0.1, -0.05) is 66.7 Å². The Kier molecular flexibility index (Phi) is 11.7. The first-order valence-corrected chi connectivity index (χ1v) is 19.0. The van der Waals surface area contributed by atoms with Crippen LogP contribution in [0, 0.1) is 11.8 Å². The molecule has 4 aromatic carbocycles. The molecular weight excluding hydrogens is 681 g/mol. The van der Waals surface area contributed by atoms with E-state index in [1.165, 1.54) is 11.1 Å². The predicted octanol–water partition coefficient (Wildman–Crippen LogP) is 5.33. The van der Waals surface area contributed by atoms with E-state index in [9.17, 15) is 4.79 Å². The predicted molar refractivity (Wildman–Crippen MR) is 208 cm³/mol. The van der Waals surface area contributed by atoms with Crippen molar-refractivity contribution in [3.63, 3.8) is 0 Å². The van der Waals surface area contributed by atoms with Crippen LogP contribution in [0.3, 0.4) is 0 Å². The maximum Gasteiger partial charge on any atom is 0.227 e. The van der Waals surface area contributed by atoms with Crippen LogP contribution in [0.1, 0.15) is 33.7 Å². The molecule has 2 heterocycles. The molecule has 2 saturated heterocycles. The summed E-state index contributed by atoms with van der Waals surface area (Å²) in [4.78, 5) is 39.0. The number of ether oxygens (including phenoxy) is 4. The Morgan fingerprint density at radius 1 is 0.556 bits per heavy atom. The fraction of sp³-hybridized carbons (Fsp3) is 0.409. The molecule has 10 nitrogen and oxygen atoms in total. The molecule has 1 aliphatic carbocycles. The number of benzene rings is 4. The van der Waals surface area contributed by atoms with Crippen molar-refractivity contribution in [2.45, 2.75) is 25.4 Å². The molecule has 2 amide bonds. The number of hydrogen-bond donors (Lipinski definition) is 0.